The van der Waals surface area contributed by atoms with Crippen LogP contribution in [0.15, 0.2) is 53.7 Å². The molecule has 0 aliphatic heterocycles. The zero-order chi connectivity index (χ0) is 22.6. The summed E-state index contributed by atoms with van der Waals surface area (Å²) in [5.41, 5.74) is 0.456. The number of hydrogen-bond donors (Lipinski definition) is 1. The highest BCUT2D eigenvalue weighted by molar-refractivity contribution is 7.99. The first-order chi connectivity index (χ1) is 14.7. The number of ether oxygens (including phenoxy) is 1. The molecule has 0 radical (unpaired) electrons. The normalized spacial score (nSPS) is 12.5. The van der Waals surface area contributed by atoms with Gasteiger partial charge in [-0.15, -0.1) is 10.2 Å². The van der Waals surface area contributed by atoms with Gasteiger partial charge in [-0.1, -0.05) is 23.9 Å². The van der Waals surface area contributed by atoms with Gasteiger partial charge in [0.15, 0.2) is 5.16 Å². The fourth-order valence-corrected chi connectivity index (χ4v) is 3.75. The maximum atomic E-state index is 12.9. The van der Waals surface area contributed by atoms with Gasteiger partial charge in [-0.2, -0.15) is 13.2 Å². The van der Waals surface area contributed by atoms with E-state index in [4.69, 9.17) is 4.74 Å². The highest BCUT2D eigenvalue weighted by atomic mass is 32.2. The Kier molecular flexibility index (Phi) is 6.89. The van der Waals surface area contributed by atoms with Crippen LogP contribution in [0.25, 0.3) is 5.69 Å². The fraction of sp³-hybridized carbons (Fsp3) is 0.286. The molecule has 0 saturated heterocycles. The molecule has 0 bridgehead atoms. The van der Waals surface area contributed by atoms with Crippen molar-refractivity contribution in [3.05, 3.63) is 65.5 Å². The molecule has 1 amide bonds. The van der Waals surface area contributed by atoms with E-state index in [-0.39, 0.29) is 11.7 Å². The van der Waals surface area contributed by atoms with Crippen LogP contribution in [0, 0.1) is 6.92 Å². The molecule has 1 aromatic heterocycles. The number of rotatable bonds is 7. The number of aromatic nitrogens is 3. The summed E-state index contributed by atoms with van der Waals surface area (Å²) in [6.45, 7) is 3.44. The average Bonchev–Trinajstić information content (AvgIpc) is 3.12. The maximum Gasteiger partial charge on any atom is 0.416 e. The summed E-state index contributed by atoms with van der Waals surface area (Å²) in [5, 5.41) is 11.5. The molecule has 31 heavy (non-hydrogen) atoms. The molecule has 2 aromatic carbocycles. The molecule has 3 aromatic rings. The number of carbonyl (C=O) groups excluding carboxylic acids is 1. The smallest absolute Gasteiger partial charge is 0.416 e. The molecule has 3 rings (SSSR count). The van der Waals surface area contributed by atoms with Crippen LogP contribution in [0.1, 0.15) is 29.9 Å². The molecule has 0 spiro atoms. The number of carbonyl (C=O) groups is 1. The summed E-state index contributed by atoms with van der Waals surface area (Å²) in [7, 11) is 1.58. The zero-order valence-corrected chi connectivity index (χ0v) is 17.9. The van der Waals surface area contributed by atoms with Crippen molar-refractivity contribution in [3.8, 4) is 11.4 Å². The van der Waals surface area contributed by atoms with Crippen LogP contribution < -0.4 is 10.1 Å². The van der Waals surface area contributed by atoms with E-state index in [1.165, 1.54) is 17.8 Å². The van der Waals surface area contributed by atoms with Crippen molar-refractivity contribution in [2.45, 2.75) is 31.2 Å². The number of nitrogens with one attached hydrogen (secondary N) is 1. The van der Waals surface area contributed by atoms with Gasteiger partial charge in [0.2, 0.25) is 5.91 Å². The van der Waals surface area contributed by atoms with Gasteiger partial charge in [-0.25, -0.2) is 0 Å². The summed E-state index contributed by atoms with van der Waals surface area (Å²) in [6.07, 6.45) is -4.43. The van der Waals surface area contributed by atoms with E-state index in [0.717, 1.165) is 17.8 Å². The molecule has 6 nitrogen and oxygen atoms in total. The third-order valence-corrected chi connectivity index (χ3v) is 5.48. The first-order valence-corrected chi connectivity index (χ1v) is 10.3. The minimum Gasteiger partial charge on any atom is -0.497 e. The van der Waals surface area contributed by atoms with E-state index < -0.39 is 17.8 Å². The van der Waals surface area contributed by atoms with Gasteiger partial charge < -0.3 is 10.1 Å². The van der Waals surface area contributed by atoms with Crippen molar-refractivity contribution < 1.29 is 22.7 Å². The summed E-state index contributed by atoms with van der Waals surface area (Å²) < 4.78 is 45.7. The lowest BCUT2D eigenvalue weighted by Crippen LogP contribution is -2.28. The number of nitrogens with zero attached hydrogens (tertiary/aromatic N) is 3. The number of benzene rings is 2. The zero-order valence-electron chi connectivity index (χ0n) is 17.1. The molecule has 0 fully saturated rings. The molecule has 1 unspecified atom stereocenters. The van der Waals surface area contributed by atoms with Gasteiger partial charge in [-0.3, -0.25) is 9.36 Å². The molecule has 164 valence electrons. The summed E-state index contributed by atoms with van der Waals surface area (Å²) >= 11 is 1.19. The third kappa shape index (κ3) is 5.57. The predicted octanol–water partition coefficient (Wildman–Crippen LogP) is 4.57. The Labute approximate surface area is 181 Å². The number of aryl methyl sites for hydroxylation is 1. The Balaban J connectivity index is 1.65. The van der Waals surface area contributed by atoms with Crippen molar-refractivity contribution in [2.24, 2.45) is 0 Å². The predicted molar refractivity (Wildman–Crippen MR) is 111 cm³/mol. The highest BCUT2D eigenvalue weighted by Gasteiger charge is 2.30. The first kappa shape index (κ1) is 22.7. The van der Waals surface area contributed by atoms with E-state index >= 15 is 0 Å². The Bertz CT molecular complexity index is 1050. The molecule has 1 N–H and O–H groups in total. The molecular weight excluding hydrogens is 429 g/mol. The minimum atomic E-state index is -4.43. The Morgan fingerprint density at radius 2 is 1.90 bits per heavy atom. The second-order valence-corrected chi connectivity index (χ2v) is 7.71. The van der Waals surface area contributed by atoms with Crippen LogP contribution in [0.2, 0.25) is 0 Å². The summed E-state index contributed by atoms with van der Waals surface area (Å²) in [4.78, 5) is 12.4. The minimum absolute atomic E-state index is 0.0393. The number of hydrogen-bond acceptors (Lipinski definition) is 5. The molecule has 1 atom stereocenters. The molecular formula is C21H21F3N4O2S. The molecule has 0 saturated carbocycles. The van der Waals surface area contributed by atoms with Crippen molar-refractivity contribution in [2.75, 3.05) is 12.9 Å². The number of amides is 1. The topological polar surface area (TPSA) is 69.0 Å². The van der Waals surface area contributed by atoms with Crippen LogP contribution in [-0.2, 0) is 11.0 Å². The fourth-order valence-electron chi connectivity index (χ4n) is 2.95. The molecule has 0 aliphatic rings. The van der Waals surface area contributed by atoms with E-state index in [9.17, 15) is 18.0 Å². The van der Waals surface area contributed by atoms with Crippen molar-refractivity contribution in [1.82, 2.24) is 20.1 Å². The largest absolute Gasteiger partial charge is 0.497 e. The number of alkyl halides is 3. The van der Waals surface area contributed by atoms with Crippen molar-refractivity contribution >= 4 is 17.7 Å². The van der Waals surface area contributed by atoms with Crippen LogP contribution >= 0.6 is 11.8 Å². The highest BCUT2D eigenvalue weighted by Crippen LogP contribution is 2.31. The lowest BCUT2D eigenvalue weighted by molar-refractivity contribution is -0.137. The average molecular weight is 450 g/mol. The third-order valence-electron chi connectivity index (χ3n) is 4.55. The lowest BCUT2D eigenvalue weighted by Gasteiger charge is -2.16. The van der Waals surface area contributed by atoms with Crippen molar-refractivity contribution in [1.29, 1.82) is 0 Å². The molecule has 1 heterocycles. The van der Waals surface area contributed by atoms with Gasteiger partial charge in [0.05, 0.1) is 24.5 Å². The number of thioether (sulfide) groups is 1. The monoisotopic (exact) mass is 450 g/mol. The van der Waals surface area contributed by atoms with Crippen LogP contribution in [-0.4, -0.2) is 33.5 Å². The van der Waals surface area contributed by atoms with E-state index in [2.05, 4.69) is 15.5 Å². The Morgan fingerprint density at radius 3 is 2.55 bits per heavy atom. The van der Waals surface area contributed by atoms with E-state index in [1.807, 2.05) is 28.8 Å². The first-order valence-electron chi connectivity index (χ1n) is 9.35. The molecule has 0 aliphatic carbocycles. The summed E-state index contributed by atoms with van der Waals surface area (Å²) in [6, 6.07) is 11.7. The quantitative estimate of drug-likeness (QED) is 0.534. The van der Waals surface area contributed by atoms with Crippen LogP contribution in [0.4, 0.5) is 13.2 Å². The van der Waals surface area contributed by atoms with Gasteiger partial charge >= 0.3 is 6.18 Å². The SMILES string of the molecule is COc1ccc(-n2c(C)nnc2SCC(=O)NC(C)c2cccc(C(F)(F)F)c2)cc1. The van der Waals surface area contributed by atoms with Gasteiger partial charge in [0.1, 0.15) is 11.6 Å². The second kappa shape index (κ2) is 9.42. The van der Waals surface area contributed by atoms with Gasteiger partial charge in [0.25, 0.3) is 0 Å². The maximum absolute atomic E-state index is 12.9. The second-order valence-electron chi connectivity index (χ2n) is 6.76. The standard InChI is InChI=1S/C21H21F3N4O2S/c1-13(15-5-4-6-16(11-15)21(22,23)24)25-19(29)12-31-20-27-26-14(2)28(20)17-7-9-18(30-3)10-8-17/h4-11,13H,12H2,1-3H3,(H,25,29). The summed E-state index contributed by atoms with van der Waals surface area (Å²) in [5.74, 6) is 1.09. The number of halogens is 3. The van der Waals surface area contributed by atoms with E-state index in [1.54, 1.807) is 27.0 Å². The lowest BCUT2D eigenvalue weighted by atomic mass is 10.0. The van der Waals surface area contributed by atoms with E-state index in [0.29, 0.717) is 22.3 Å². The van der Waals surface area contributed by atoms with Gasteiger partial charge in [0, 0.05) is 5.69 Å². The molecule has 10 heteroatoms. The van der Waals surface area contributed by atoms with Crippen molar-refractivity contribution in [3.63, 3.8) is 0 Å². The Morgan fingerprint density at radius 1 is 1.19 bits per heavy atom. The van der Waals surface area contributed by atoms with Gasteiger partial charge in [-0.05, 0) is 55.8 Å². The Hall–Kier alpha value is -3.01. The number of methoxy groups -OCH3 is 1. The van der Waals surface area contributed by atoms with Crippen LogP contribution in [0.3, 0.4) is 0 Å². The van der Waals surface area contributed by atoms with Crippen LogP contribution in [0.5, 0.6) is 5.75 Å².